The van der Waals surface area contributed by atoms with Crippen molar-refractivity contribution in [3.63, 3.8) is 0 Å². The van der Waals surface area contributed by atoms with Gasteiger partial charge in [-0.1, -0.05) is 117 Å². The van der Waals surface area contributed by atoms with Crippen LogP contribution in [0.5, 0.6) is 0 Å². The minimum absolute atomic E-state index is 0.0171. The van der Waals surface area contributed by atoms with E-state index in [9.17, 15) is 0 Å². The number of nitrogens with zero attached hydrogens (tertiary/aromatic N) is 8. The number of hydrogen-bond acceptors (Lipinski definition) is 16. The van der Waals surface area contributed by atoms with Crippen molar-refractivity contribution >= 4 is 35.7 Å². The number of anilines is 6. The summed E-state index contributed by atoms with van der Waals surface area (Å²) in [5.41, 5.74) is 12.2. The smallest absolute Gasteiger partial charge is 0.229 e. The SMILES string of the molecule is CCCCCCCCON1C(C)(C)CC(CCCCNc2nc(N)nc(NCCCCCCNc3nc(N)nc(NCCCCC4CC(C)(C)N(OCCCCCCCC)C(C)(C)C4)n3)n2)CC1(C)C. The van der Waals surface area contributed by atoms with Gasteiger partial charge >= 0.3 is 0 Å². The lowest BCUT2D eigenvalue weighted by Gasteiger charge is -2.54. The summed E-state index contributed by atoms with van der Waals surface area (Å²) in [7, 11) is 0. The highest BCUT2D eigenvalue weighted by Gasteiger charge is 2.47. The standard InChI is InChI=1S/C54H104N14O2/c1-11-13-15-17-21-29-37-69-67-51(3,4)39-43(40-52(67,5)6)31-23-27-35-59-49-63-45(55)61-47(65-49)57-33-25-19-20-26-34-58-48-62-46(56)64-50(66-48)60-36-28-24-32-44-41-53(7,8)68(54(9,10)42-44)70-38-30-22-18-16-14-12-2/h43-44H,11-42H2,1-10H3,(H4,55,57,59,61,63,65)(H4,56,58,60,62,64,66). The summed E-state index contributed by atoms with van der Waals surface area (Å²) in [5.74, 6) is 3.87. The van der Waals surface area contributed by atoms with Crippen LogP contribution in [0.25, 0.3) is 0 Å². The minimum Gasteiger partial charge on any atom is -0.368 e. The zero-order valence-corrected chi connectivity index (χ0v) is 46.3. The first-order valence-corrected chi connectivity index (χ1v) is 28.3. The zero-order valence-electron chi connectivity index (χ0n) is 46.3. The van der Waals surface area contributed by atoms with E-state index in [2.05, 4.69) is 131 Å². The number of rotatable bonds is 37. The Morgan fingerprint density at radius 1 is 0.400 bits per heavy atom. The monoisotopic (exact) mass is 981 g/mol. The maximum absolute atomic E-state index is 6.47. The van der Waals surface area contributed by atoms with E-state index in [1.165, 1.54) is 77.0 Å². The number of piperidine rings is 2. The highest BCUT2D eigenvalue weighted by Crippen LogP contribution is 2.44. The Hall–Kier alpha value is -3.34. The lowest BCUT2D eigenvalue weighted by molar-refractivity contribution is -0.288. The third-order valence-electron chi connectivity index (χ3n) is 14.4. The van der Waals surface area contributed by atoms with Gasteiger partial charge in [0.2, 0.25) is 35.7 Å². The number of unbranched alkanes of at least 4 members (excludes halogenated alkanes) is 15. The van der Waals surface area contributed by atoms with Gasteiger partial charge in [0.15, 0.2) is 0 Å². The van der Waals surface area contributed by atoms with Crippen molar-refractivity contribution in [2.75, 3.05) is 72.1 Å². The molecule has 16 nitrogen and oxygen atoms in total. The third kappa shape index (κ3) is 21.8. The van der Waals surface area contributed by atoms with E-state index in [0.29, 0.717) is 35.6 Å². The van der Waals surface area contributed by atoms with Crippen LogP contribution in [0.2, 0.25) is 0 Å². The fourth-order valence-corrected chi connectivity index (χ4v) is 11.7. The molecule has 0 aromatic carbocycles. The van der Waals surface area contributed by atoms with E-state index < -0.39 is 0 Å². The topological polar surface area (TPSA) is 202 Å². The van der Waals surface area contributed by atoms with Gasteiger partial charge in [0.05, 0.1) is 13.2 Å². The average Bonchev–Trinajstić information content (AvgIpc) is 3.27. The van der Waals surface area contributed by atoms with Gasteiger partial charge in [-0.15, -0.1) is 0 Å². The van der Waals surface area contributed by atoms with Crippen molar-refractivity contribution in [3.05, 3.63) is 0 Å². The first kappa shape index (κ1) is 59.2. The second-order valence-electron chi connectivity index (χ2n) is 23.4. The fourth-order valence-electron chi connectivity index (χ4n) is 11.7. The van der Waals surface area contributed by atoms with E-state index in [1.54, 1.807) is 0 Å². The van der Waals surface area contributed by atoms with Crippen LogP contribution in [0, 0.1) is 11.8 Å². The van der Waals surface area contributed by atoms with E-state index in [0.717, 1.165) is 129 Å². The molecule has 402 valence electrons. The van der Waals surface area contributed by atoms with Crippen LogP contribution in [0.1, 0.15) is 236 Å². The molecular weight excluding hydrogens is 877 g/mol. The Morgan fingerprint density at radius 2 is 0.671 bits per heavy atom. The molecule has 0 unspecified atom stereocenters. The Bertz CT molecular complexity index is 1570. The largest absolute Gasteiger partial charge is 0.368 e. The number of aromatic nitrogens is 6. The molecule has 2 aromatic heterocycles. The number of nitrogens with two attached hydrogens (primary N) is 2. The highest BCUT2D eigenvalue weighted by atomic mass is 16.7. The summed E-state index contributed by atoms with van der Waals surface area (Å²) in [6, 6.07) is 0. The van der Waals surface area contributed by atoms with Crippen molar-refractivity contribution in [3.8, 4) is 0 Å². The molecule has 16 heteroatoms. The van der Waals surface area contributed by atoms with Gasteiger partial charge in [0.25, 0.3) is 0 Å². The van der Waals surface area contributed by atoms with Crippen molar-refractivity contribution < 1.29 is 9.68 Å². The van der Waals surface area contributed by atoms with Crippen molar-refractivity contribution in [1.82, 2.24) is 40.0 Å². The average molecular weight is 982 g/mol. The van der Waals surface area contributed by atoms with Crippen LogP contribution in [0.4, 0.5) is 35.7 Å². The minimum atomic E-state index is 0.0171. The molecule has 0 aliphatic carbocycles. The molecule has 0 amide bonds. The molecule has 0 spiro atoms. The Kier molecular flexibility index (Phi) is 25.9. The molecule has 70 heavy (non-hydrogen) atoms. The fraction of sp³-hybridized carbons (Fsp3) is 0.889. The van der Waals surface area contributed by atoms with Gasteiger partial charge in [-0.25, -0.2) is 0 Å². The molecule has 0 atom stereocenters. The number of nitrogens with one attached hydrogen (secondary N) is 4. The number of hydrogen-bond donors (Lipinski definition) is 6. The summed E-state index contributed by atoms with van der Waals surface area (Å²) in [6.07, 6.45) is 30.9. The van der Waals surface area contributed by atoms with Crippen molar-refractivity contribution in [2.24, 2.45) is 11.8 Å². The Morgan fingerprint density at radius 3 is 0.986 bits per heavy atom. The van der Waals surface area contributed by atoms with Crippen molar-refractivity contribution in [1.29, 1.82) is 0 Å². The normalized spacial score (nSPS) is 18.3. The zero-order chi connectivity index (χ0) is 50.9. The third-order valence-corrected chi connectivity index (χ3v) is 14.4. The second kappa shape index (κ2) is 30.6. The highest BCUT2D eigenvalue weighted by molar-refractivity contribution is 5.40. The molecule has 2 fully saturated rings. The van der Waals surface area contributed by atoms with Gasteiger partial charge in [-0.05, 0) is 131 Å². The van der Waals surface area contributed by atoms with Crippen LogP contribution >= 0.6 is 0 Å². The molecule has 2 aliphatic heterocycles. The van der Waals surface area contributed by atoms with Crippen LogP contribution < -0.4 is 32.7 Å². The van der Waals surface area contributed by atoms with Crippen molar-refractivity contribution in [2.45, 2.75) is 258 Å². The van der Waals surface area contributed by atoms with Gasteiger partial charge in [0.1, 0.15) is 0 Å². The summed E-state index contributed by atoms with van der Waals surface area (Å²) >= 11 is 0. The molecule has 0 saturated carbocycles. The molecular formula is C54H104N14O2. The lowest BCUT2D eigenvalue weighted by Crippen LogP contribution is -2.60. The van der Waals surface area contributed by atoms with E-state index >= 15 is 0 Å². The van der Waals surface area contributed by atoms with Crippen LogP contribution in [0.3, 0.4) is 0 Å². The summed E-state index contributed by atoms with van der Waals surface area (Å²) in [6.45, 7) is 28.1. The second-order valence-corrected chi connectivity index (χ2v) is 23.4. The first-order chi connectivity index (χ1) is 33.4. The molecule has 0 bridgehead atoms. The summed E-state index contributed by atoms with van der Waals surface area (Å²) in [5, 5.41) is 18.1. The summed E-state index contributed by atoms with van der Waals surface area (Å²) in [4.78, 5) is 39.4. The molecule has 4 rings (SSSR count). The predicted octanol–water partition coefficient (Wildman–Crippen LogP) is 12.6. The van der Waals surface area contributed by atoms with Gasteiger partial charge in [-0.3, -0.25) is 9.68 Å². The van der Waals surface area contributed by atoms with Crippen LogP contribution in [-0.4, -0.2) is 102 Å². The Labute approximate surface area is 426 Å². The molecule has 2 aromatic rings. The Balaban J connectivity index is 1.03. The first-order valence-electron chi connectivity index (χ1n) is 28.3. The van der Waals surface area contributed by atoms with E-state index in [-0.39, 0.29) is 34.1 Å². The maximum Gasteiger partial charge on any atom is 0.229 e. The van der Waals surface area contributed by atoms with E-state index in [4.69, 9.17) is 21.1 Å². The summed E-state index contributed by atoms with van der Waals surface area (Å²) < 4.78 is 0. The van der Waals surface area contributed by atoms with Crippen LogP contribution in [0.15, 0.2) is 0 Å². The van der Waals surface area contributed by atoms with Gasteiger partial charge in [0, 0.05) is 48.3 Å². The maximum atomic E-state index is 6.47. The molecule has 8 N–H and O–H groups in total. The molecule has 2 aliphatic rings. The lowest BCUT2D eigenvalue weighted by atomic mass is 9.73. The predicted molar refractivity (Wildman–Crippen MR) is 293 cm³/mol. The molecule has 4 heterocycles. The quantitative estimate of drug-likeness (QED) is 0.0349. The molecule has 2 saturated heterocycles. The van der Waals surface area contributed by atoms with Gasteiger partial charge < -0.3 is 32.7 Å². The molecule has 0 radical (unpaired) electrons. The number of hydroxylamine groups is 4. The van der Waals surface area contributed by atoms with Gasteiger partial charge in [-0.2, -0.15) is 40.0 Å². The van der Waals surface area contributed by atoms with Crippen LogP contribution in [-0.2, 0) is 9.68 Å². The van der Waals surface area contributed by atoms with E-state index in [1.807, 2.05) is 0 Å². The number of nitrogen functional groups attached to an aromatic ring is 2.